The summed E-state index contributed by atoms with van der Waals surface area (Å²) in [6, 6.07) is 9.22. The van der Waals surface area contributed by atoms with Gasteiger partial charge in [-0.05, 0) is 17.7 Å². The molecule has 25 heavy (non-hydrogen) atoms. The van der Waals surface area contributed by atoms with Gasteiger partial charge in [0.25, 0.3) is 10.0 Å². The number of amides is 2. The Morgan fingerprint density at radius 3 is 2.56 bits per heavy atom. The van der Waals surface area contributed by atoms with Gasteiger partial charge in [-0.3, -0.25) is 0 Å². The van der Waals surface area contributed by atoms with Gasteiger partial charge in [0.15, 0.2) is 0 Å². The van der Waals surface area contributed by atoms with E-state index in [0.29, 0.717) is 42.8 Å². The van der Waals surface area contributed by atoms with Crippen LogP contribution in [0.15, 0.2) is 45.8 Å². The van der Waals surface area contributed by atoms with Crippen LogP contribution < -0.4 is 5.32 Å². The molecular formula is C15H15N5O4S. The second-order valence-corrected chi connectivity index (χ2v) is 6.89. The van der Waals surface area contributed by atoms with Gasteiger partial charge in [-0.1, -0.05) is 24.3 Å². The highest BCUT2D eigenvalue weighted by Crippen LogP contribution is 2.30. The van der Waals surface area contributed by atoms with Crippen molar-refractivity contribution in [2.75, 3.05) is 31.6 Å². The summed E-state index contributed by atoms with van der Waals surface area (Å²) in [6.07, 6.45) is 0. The Bertz CT molecular complexity index is 963. The third kappa shape index (κ3) is 3.50. The van der Waals surface area contributed by atoms with Crippen molar-refractivity contribution in [2.24, 2.45) is 4.52 Å². The number of azide groups is 1. The van der Waals surface area contributed by atoms with E-state index in [9.17, 15) is 13.2 Å². The van der Waals surface area contributed by atoms with Gasteiger partial charge in [-0.15, -0.1) is 0 Å². The number of fused-ring (bicyclic) bond motifs is 1. The number of carbonyl (C=O) groups is 1. The first-order chi connectivity index (χ1) is 12.0. The quantitative estimate of drug-likeness (QED) is 0.512. The van der Waals surface area contributed by atoms with Crippen molar-refractivity contribution in [3.05, 3.63) is 46.8 Å². The molecule has 0 bridgehead atoms. The maximum absolute atomic E-state index is 12.4. The van der Waals surface area contributed by atoms with E-state index in [1.165, 1.54) is 12.1 Å². The van der Waals surface area contributed by atoms with Gasteiger partial charge in [-0.2, -0.15) is 0 Å². The minimum Gasteiger partial charge on any atom is -0.378 e. The Labute approximate surface area is 143 Å². The number of nitrogens with one attached hydrogen (secondary N) is 1. The van der Waals surface area contributed by atoms with Crippen molar-refractivity contribution in [1.82, 2.24) is 4.90 Å². The van der Waals surface area contributed by atoms with Crippen LogP contribution in [0.4, 0.5) is 10.5 Å². The summed E-state index contributed by atoms with van der Waals surface area (Å²) in [5.41, 5.74) is 8.94. The number of carbonyl (C=O) groups excluding carboxylic acids is 1. The first-order valence-corrected chi connectivity index (χ1v) is 8.94. The zero-order chi connectivity index (χ0) is 17.9. The molecule has 1 fully saturated rings. The number of urea groups is 1. The number of benzene rings is 2. The average Bonchev–Trinajstić information content (AvgIpc) is 2.62. The van der Waals surface area contributed by atoms with E-state index in [-0.39, 0.29) is 10.9 Å². The van der Waals surface area contributed by atoms with Crippen LogP contribution in [0.2, 0.25) is 0 Å². The molecule has 0 aliphatic carbocycles. The van der Waals surface area contributed by atoms with Crippen molar-refractivity contribution in [3.8, 4) is 0 Å². The minimum absolute atomic E-state index is 0.106. The lowest BCUT2D eigenvalue weighted by molar-refractivity contribution is 0.0565. The van der Waals surface area contributed by atoms with Crippen LogP contribution in [0, 0.1) is 0 Å². The Hall–Kier alpha value is -2.81. The van der Waals surface area contributed by atoms with Crippen LogP contribution in [0.5, 0.6) is 0 Å². The Morgan fingerprint density at radius 1 is 1.16 bits per heavy atom. The van der Waals surface area contributed by atoms with Crippen molar-refractivity contribution in [2.45, 2.75) is 4.90 Å². The molecule has 1 aliphatic heterocycles. The van der Waals surface area contributed by atoms with Crippen molar-refractivity contribution >= 4 is 32.5 Å². The Balaban J connectivity index is 2.00. The molecule has 0 spiro atoms. The van der Waals surface area contributed by atoms with Gasteiger partial charge in [-0.25, -0.2) is 13.2 Å². The maximum Gasteiger partial charge on any atom is 0.322 e. The molecule has 0 unspecified atom stereocenters. The molecule has 0 aromatic heterocycles. The number of hydrogen-bond acceptors (Lipinski definition) is 4. The summed E-state index contributed by atoms with van der Waals surface area (Å²) < 4.78 is 32.3. The highest BCUT2D eigenvalue weighted by Gasteiger charge is 2.19. The van der Waals surface area contributed by atoms with E-state index in [1.807, 2.05) is 0 Å². The highest BCUT2D eigenvalue weighted by molar-refractivity contribution is 7.90. The Morgan fingerprint density at radius 2 is 1.84 bits per heavy atom. The van der Waals surface area contributed by atoms with Gasteiger partial charge >= 0.3 is 6.03 Å². The lowest BCUT2D eigenvalue weighted by atomic mass is 10.1. The second-order valence-electron chi connectivity index (χ2n) is 5.33. The van der Waals surface area contributed by atoms with Crippen LogP contribution in [-0.4, -0.2) is 45.7 Å². The molecule has 0 radical (unpaired) electrons. The zero-order valence-electron chi connectivity index (χ0n) is 13.1. The summed E-state index contributed by atoms with van der Waals surface area (Å²) in [5, 5.41) is 3.71. The standard InChI is InChI=1S/C15H15N5O4S/c16-18-19-25(22,23)14-6-2-3-11-12(14)4-1-5-13(11)17-15(21)20-7-9-24-10-8-20/h1-6H,7-10H2,(H,17,21). The molecular weight excluding hydrogens is 346 g/mol. The van der Waals surface area contributed by atoms with E-state index >= 15 is 0 Å². The number of morpholine rings is 1. The zero-order valence-corrected chi connectivity index (χ0v) is 13.9. The smallest absolute Gasteiger partial charge is 0.322 e. The number of hydrogen-bond donors (Lipinski definition) is 1. The largest absolute Gasteiger partial charge is 0.378 e. The number of sulfonamides is 1. The van der Waals surface area contributed by atoms with Gasteiger partial charge in [0.1, 0.15) is 0 Å². The molecule has 0 atom stereocenters. The highest BCUT2D eigenvalue weighted by atomic mass is 32.2. The summed E-state index contributed by atoms with van der Waals surface area (Å²) in [5.74, 6) is 0. The second kappa shape index (κ2) is 6.98. The minimum atomic E-state index is -4.13. The number of nitrogens with zero attached hydrogens (tertiary/aromatic N) is 4. The molecule has 10 heteroatoms. The van der Waals surface area contributed by atoms with Crippen LogP contribution in [-0.2, 0) is 14.8 Å². The molecule has 1 saturated heterocycles. The van der Waals surface area contributed by atoms with E-state index in [1.54, 1.807) is 29.2 Å². The molecule has 2 aromatic carbocycles. The maximum atomic E-state index is 12.4. The van der Waals surface area contributed by atoms with Crippen LogP contribution >= 0.6 is 0 Å². The van der Waals surface area contributed by atoms with E-state index in [4.69, 9.17) is 10.3 Å². The molecule has 1 heterocycles. The predicted octanol–water partition coefficient (Wildman–Crippen LogP) is 2.70. The molecule has 1 N–H and O–H groups in total. The van der Waals surface area contributed by atoms with E-state index in [0.717, 1.165) is 0 Å². The van der Waals surface area contributed by atoms with Gasteiger partial charge in [0, 0.05) is 33.3 Å². The first kappa shape index (κ1) is 17.0. The summed E-state index contributed by atoms with van der Waals surface area (Å²) >= 11 is 0. The molecule has 130 valence electrons. The number of rotatable bonds is 3. The summed E-state index contributed by atoms with van der Waals surface area (Å²) in [6.45, 7) is 1.95. The van der Waals surface area contributed by atoms with Gasteiger partial charge in [0.2, 0.25) is 0 Å². The molecule has 1 aliphatic rings. The third-order valence-corrected chi connectivity index (χ3v) is 5.04. The first-order valence-electron chi connectivity index (χ1n) is 7.50. The van der Waals surface area contributed by atoms with Crippen molar-refractivity contribution in [3.63, 3.8) is 0 Å². The fraction of sp³-hybridized carbons (Fsp3) is 0.267. The molecule has 3 rings (SSSR count). The fourth-order valence-electron chi connectivity index (χ4n) is 2.67. The van der Waals surface area contributed by atoms with Gasteiger partial charge < -0.3 is 15.0 Å². The molecule has 2 amide bonds. The lowest BCUT2D eigenvalue weighted by Crippen LogP contribution is -2.43. The molecule has 2 aromatic rings. The van der Waals surface area contributed by atoms with Crippen molar-refractivity contribution < 1.29 is 17.9 Å². The van der Waals surface area contributed by atoms with Crippen LogP contribution in [0.25, 0.3) is 21.2 Å². The monoisotopic (exact) mass is 361 g/mol. The Kier molecular flexibility index (Phi) is 4.75. The molecule has 9 nitrogen and oxygen atoms in total. The molecule has 0 saturated carbocycles. The topological polar surface area (TPSA) is 124 Å². The van der Waals surface area contributed by atoms with Gasteiger partial charge in [0.05, 0.1) is 23.8 Å². The average molecular weight is 361 g/mol. The van der Waals surface area contributed by atoms with Crippen LogP contribution in [0.3, 0.4) is 0 Å². The van der Waals surface area contributed by atoms with Crippen molar-refractivity contribution in [1.29, 1.82) is 0 Å². The SMILES string of the molecule is [N-]=[N+]=NS(=O)(=O)c1cccc2c(NC(=O)N3CCOCC3)cccc12. The third-order valence-electron chi connectivity index (χ3n) is 3.84. The summed E-state index contributed by atoms with van der Waals surface area (Å²) in [7, 11) is -4.13. The summed E-state index contributed by atoms with van der Waals surface area (Å²) in [4.78, 5) is 16.3. The van der Waals surface area contributed by atoms with Crippen LogP contribution in [0.1, 0.15) is 0 Å². The predicted molar refractivity (Wildman–Crippen MR) is 91.7 cm³/mol. The number of anilines is 1. The lowest BCUT2D eigenvalue weighted by Gasteiger charge is -2.27. The van der Waals surface area contributed by atoms with E-state index < -0.39 is 10.0 Å². The fourth-order valence-corrected chi connectivity index (χ4v) is 3.56. The van der Waals surface area contributed by atoms with E-state index in [2.05, 4.69) is 14.7 Å². The normalized spacial score (nSPS) is 14.8. The number of ether oxygens (including phenoxy) is 1.